The molecule has 0 unspecified atom stereocenters. The maximum atomic E-state index is 6.48. The van der Waals surface area contributed by atoms with Crippen molar-refractivity contribution in [2.24, 2.45) is 0 Å². The Morgan fingerprint density at radius 1 is 0.826 bits per heavy atom. The lowest BCUT2D eigenvalue weighted by Crippen LogP contribution is -2.47. The van der Waals surface area contributed by atoms with E-state index < -0.39 is 8.32 Å². The molecule has 23 heavy (non-hydrogen) atoms. The van der Waals surface area contributed by atoms with Gasteiger partial charge in [-0.1, -0.05) is 84.0 Å². The highest BCUT2D eigenvalue weighted by atomic mass is 28.4. The number of rotatable bonds is 10. The minimum Gasteiger partial charge on any atom is -0.412 e. The number of benzene rings is 1. The van der Waals surface area contributed by atoms with Crippen molar-refractivity contribution in [3.8, 4) is 0 Å². The van der Waals surface area contributed by atoms with Crippen LogP contribution < -0.4 is 0 Å². The van der Waals surface area contributed by atoms with Crippen molar-refractivity contribution in [2.75, 3.05) is 13.2 Å². The van der Waals surface area contributed by atoms with Crippen LogP contribution in [0.2, 0.25) is 16.6 Å². The van der Waals surface area contributed by atoms with E-state index in [1.165, 1.54) is 5.56 Å². The fourth-order valence-corrected chi connectivity index (χ4v) is 9.03. The van der Waals surface area contributed by atoms with Crippen molar-refractivity contribution in [1.82, 2.24) is 0 Å². The SMILES string of the molecule is CC(C)[Si](OC/C=C/COCc1ccccc1)(C(C)C)C(C)C. The van der Waals surface area contributed by atoms with Gasteiger partial charge in [0.2, 0.25) is 8.32 Å². The third-order valence-electron chi connectivity index (χ3n) is 4.63. The van der Waals surface area contributed by atoms with Crippen LogP contribution in [0.25, 0.3) is 0 Å². The lowest BCUT2D eigenvalue weighted by molar-refractivity contribution is 0.148. The second kappa shape index (κ2) is 10.1. The van der Waals surface area contributed by atoms with Gasteiger partial charge in [-0.2, -0.15) is 0 Å². The van der Waals surface area contributed by atoms with Crippen LogP contribution in [-0.4, -0.2) is 21.5 Å². The molecule has 0 saturated heterocycles. The molecule has 0 radical (unpaired) electrons. The van der Waals surface area contributed by atoms with E-state index in [4.69, 9.17) is 9.16 Å². The van der Waals surface area contributed by atoms with E-state index in [0.29, 0.717) is 36.4 Å². The summed E-state index contributed by atoms with van der Waals surface area (Å²) in [5.41, 5.74) is 3.10. The largest absolute Gasteiger partial charge is 0.412 e. The first kappa shape index (κ1) is 20.1. The molecule has 3 heteroatoms. The zero-order valence-corrected chi connectivity index (χ0v) is 16.7. The van der Waals surface area contributed by atoms with E-state index >= 15 is 0 Å². The summed E-state index contributed by atoms with van der Waals surface area (Å²) in [6.45, 7) is 15.9. The molecule has 130 valence electrons. The molecule has 0 atom stereocenters. The van der Waals surface area contributed by atoms with Gasteiger partial charge in [-0.15, -0.1) is 0 Å². The second-order valence-corrected chi connectivity index (χ2v) is 12.6. The monoisotopic (exact) mass is 334 g/mol. The van der Waals surface area contributed by atoms with Crippen LogP contribution in [0.3, 0.4) is 0 Å². The number of hydrogen-bond donors (Lipinski definition) is 0. The highest BCUT2D eigenvalue weighted by molar-refractivity contribution is 6.77. The first-order chi connectivity index (χ1) is 10.9. The van der Waals surface area contributed by atoms with Gasteiger partial charge < -0.3 is 9.16 Å². The van der Waals surface area contributed by atoms with E-state index in [2.05, 4.69) is 65.8 Å². The van der Waals surface area contributed by atoms with Gasteiger partial charge in [-0.25, -0.2) is 0 Å². The molecule has 0 saturated carbocycles. The van der Waals surface area contributed by atoms with E-state index in [-0.39, 0.29) is 0 Å². The minimum atomic E-state index is -1.74. The van der Waals surface area contributed by atoms with Gasteiger partial charge in [0.05, 0.1) is 19.8 Å². The predicted octanol–water partition coefficient (Wildman–Crippen LogP) is 5.95. The fraction of sp³-hybridized carbons (Fsp3) is 0.600. The Hall–Kier alpha value is -0.903. The van der Waals surface area contributed by atoms with Crippen LogP contribution in [0.15, 0.2) is 42.5 Å². The molecule has 0 aromatic heterocycles. The van der Waals surface area contributed by atoms with E-state index in [0.717, 1.165) is 0 Å². The van der Waals surface area contributed by atoms with E-state index in [9.17, 15) is 0 Å². The Labute approximate surface area is 144 Å². The first-order valence-electron chi connectivity index (χ1n) is 8.81. The van der Waals surface area contributed by atoms with Crippen LogP contribution >= 0.6 is 0 Å². The molecule has 2 nitrogen and oxygen atoms in total. The van der Waals surface area contributed by atoms with Gasteiger partial charge >= 0.3 is 0 Å². The molecule has 1 aromatic rings. The molecule has 0 N–H and O–H groups in total. The van der Waals surface area contributed by atoms with Crippen molar-refractivity contribution in [2.45, 2.75) is 64.8 Å². The van der Waals surface area contributed by atoms with Crippen molar-refractivity contribution >= 4 is 8.32 Å². The summed E-state index contributed by atoms with van der Waals surface area (Å²) in [7, 11) is -1.74. The molecule has 1 rings (SSSR count). The molecule has 0 fully saturated rings. The van der Waals surface area contributed by atoms with Gasteiger partial charge in [0.15, 0.2) is 0 Å². The third-order valence-corrected chi connectivity index (χ3v) is 10.7. The van der Waals surface area contributed by atoms with Crippen LogP contribution in [0.1, 0.15) is 47.1 Å². The number of hydrogen-bond acceptors (Lipinski definition) is 2. The Kier molecular flexibility index (Phi) is 8.81. The summed E-state index contributed by atoms with van der Waals surface area (Å²) in [6.07, 6.45) is 4.18. The minimum absolute atomic E-state index is 0.630. The summed E-state index contributed by atoms with van der Waals surface area (Å²) < 4.78 is 12.1. The summed E-state index contributed by atoms with van der Waals surface area (Å²) >= 11 is 0. The fourth-order valence-electron chi connectivity index (χ4n) is 3.65. The average Bonchev–Trinajstić information content (AvgIpc) is 2.50. The lowest BCUT2D eigenvalue weighted by Gasteiger charge is -2.41. The zero-order chi connectivity index (χ0) is 17.3. The average molecular weight is 335 g/mol. The summed E-state index contributed by atoms with van der Waals surface area (Å²) in [5.74, 6) is 0. The maximum Gasteiger partial charge on any atom is 0.200 e. The number of ether oxygens (including phenoxy) is 1. The lowest BCUT2D eigenvalue weighted by atomic mass is 10.2. The molecule has 0 spiro atoms. The van der Waals surface area contributed by atoms with Gasteiger partial charge in [-0.05, 0) is 22.2 Å². The second-order valence-electron chi connectivity index (χ2n) is 7.10. The van der Waals surface area contributed by atoms with Gasteiger partial charge in [-0.3, -0.25) is 0 Å². The Balaban J connectivity index is 2.38. The predicted molar refractivity (Wildman–Crippen MR) is 102 cm³/mol. The molecule has 0 aliphatic carbocycles. The highest BCUT2D eigenvalue weighted by Crippen LogP contribution is 2.42. The van der Waals surface area contributed by atoms with Crippen molar-refractivity contribution in [3.63, 3.8) is 0 Å². The molecular weight excluding hydrogens is 300 g/mol. The Bertz CT molecular complexity index is 430. The standard InChI is InChI=1S/C20H34O2Si/c1-17(2)23(18(3)4,19(5)6)22-15-11-10-14-21-16-20-12-8-7-9-13-20/h7-13,17-19H,14-16H2,1-6H3/b11-10+. The molecule has 0 amide bonds. The summed E-state index contributed by atoms with van der Waals surface area (Å²) in [6, 6.07) is 10.3. The van der Waals surface area contributed by atoms with Gasteiger partial charge in [0, 0.05) is 0 Å². The molecule has 0 aliphatic heterocycles. The van der Waals surface area contributed by atoms with Crippen LogP contribution in [0, 0.1) is 0 Å². The molecule has 0 heterocycles. The summed E-state index contributed by atoms with van der Waals surface area (Å²) in [4.78, 5) is 0. The zero-order valence-electron chi connectivity index (χ0n) is 15.7. The van der Waals surface area contributed by atoms with Crippen LogP contribution in [-0.2, 0) is 15.8 Å². The van der Waals surface area contributed by atoms with Crippen molar-refractivity contribution in [1.29, 1.82) is 0 Å². The Morgan fingerprint density at radius 2 is 1.35 bits per heavy atom. The topological polar surface area (TPSA) is 18.5 Å². The highest BCUT2D eigenvalue weighted by Gasteiger charge is 2.44. The quantitative estimate of drug-likeness (QED) is 0.299. The third kappa shape index (κ3) is 5.90. The normalized spacial score (nSPS) is 12.9. The van der Waals surface area contributed by atoms with Crippen LogP contribution in [0.5, 0.6) is 0 Å². The van der Waals surface area contributed by atoms with Gasteiger partial charge in [0.25, 0.3) is 0 Å². The molecule has 0 aliphatic rings. The molecule has 0 bridgehead atoms. The van der Waals surface area contributed by atoms with Gasteiger partial charge in [0.1, 0.15) is 0 Å². The maximum absolute atomic E-state index is 6.48. The molecular formula is C20H34O2Si. The first-order valence-corrected chi connectivity index (χ1v) is 11.0. The summed E-state index contributed by atoms with van der Waals surface area (Å²) in [5, 5.41) is 0. The van der Waals surface area contributed by atoms with E-state index in [1.54, 1.807) is 0 Å². The van der Waals surface area contributed by atoms with Crippen molar-refractivity contribution in [3.05, 3.63) is 48.0 Å². The molecule has 1 aromatic carbocycles. The van der Waals surface area contributed by atoms with E-state index in [1.807, 2.05) is 18.2 Å². The Morgan fingerprint density at radius 3 is 1.87 bits per heavy atom. The smallest absolute Gasteiger partial charge is 0.200 e. The van der Waals surface area contributed by atoms with Crippen LogP contribution in [0.4, 0.5) is 0 Å². The van der Waals surface area contributed by atoms with Crippen molar-refractivity contribution < 1.29 is 9.16 Å².